The van der Waals surface area contributed by atoms with Crippen molar-refractivity contribution >= 4 is 57.8 Å². The van der Waals surface area contributed by atoms with E-state index in [2.05, 4.69) is 0 Å². The molecule has 0 N–H and O–H groups in total. The molecule has 0 unspecified atom stereocenters. The highest BCUT2D eigenvalue weighted by molar-refractivity contribution is 8.26. The van der Waals surface area contributed by atoms with Gasteiger partial charge in [0, 0.05) is 31.6 Å². The molecule has 1 aliphatic rings. The van der Waals surface area contributed by atoms with E-state index in [0.717, 1.165) is 11.1 Å². The Morgan fingerprint density at radius 2 is 1.86 bits per heavy atom. The molecular formula is C22H21ClN2O2S2. The topological polar surface area (TPSA) is 40.6 Å². The van der Waals surface area contributed by atoms with E-state index < -0.39 is 0 Å². The lowest BCUT2D eigenvalue weighted by atomic mass is 10.2. The molecule has 0 aromatic heterocycles. The van der Waals surface area contributed by atoms with Gasteiger partial charge in [-0.1, -0.05) is 84.1 Å². The second kappa shape index (κ2) is 10.1. The fourth-order valence-corrected chi connectivity index (χ4v) is 4.44. The molecule has 0 radical (unpaired) electrons. The number of nitrogens with zero attached hydrogens (tertiary/aromatic N) is 2. The summed E-state index contributed by atoms with van der Waals surface area (Å²) in [5.74, 6) is -0.0871. The molecule has 150 valence electrons. The average molecular weight is 445 g/mol. The number of thiocarbonyl (C=S) groups is 1. The van der Waals surface area contributed by atoms with Crippen LogP contribution in [0.4, 0.5) is 0 Å². The van der Waals surface area contributed by atoms with Gasteiger partial charge in [-0.15, -0.1) is 0 Å². The predicted octanol–water partition coefficient (Wildman–Crippen LogP) is 4.98. The first-order valence-corrected chi connectivity index (χ1v) is 10.8. The van der Waals surface area contributed by atoms with Crippen LogP contribution in [0, 0.1) is 0 Å². The van der Waals surface area contributed by atoms with Gasteiger partial charge in [0.15, 0.2) is 0 Å². The van der Waals surface area contributed by atoms with Crippen LogP contribution in [0.3, 0.4) is 0 Å². The summed E-state index contributed by atoms with van der Waals surface area (Å²) in [5, 5.41) is 0.588. The molecule has 4 nitrogen and oxygen atoms in total. The summed E-state index contributed by atoms with van der Waals surface area (Å²) in [5.41, 5.74) is 1.87. The number of halogens is 1. The first kappa shape index (κ1) is 21.6. The van der Waals surface area contributed by atoms with Crippen molar-refractivity contribution in [3.05, 3.63) is 75.7 Å². The fourth-order valence-electron chi connectivity index (χ4n) is 2.95. The monoisotopic (exact) mass is 444 g/mol. The van der Waals surface area contributed by atoms with Gasteiger partial charge in [-0.2, -0.15) is 0 Å². The Kier molecular flexibility index (Phi) is 7.47. The molecular weight excluding hydrogens is 424 g/mol. The molecule has 2 amide bonds. The lowest BCUT2D eigenvalue weighted by molar-refractivity contribution is -0.131. The van der Waals surface area contributed by atoms with Gasteiger partial charge >= 0.3 is 0 Å². The summed E-state index contributed by atoms with van der Waals surface area (Å²) in [4.78, 5) is 28.9. The van der Waals surface area contributed by atoms with Crippen molar-refractivity contribution in [2.45, 2.75) is 19.4 Å². The SMILES string of the molecule is CN(Cc1ccccc1)C(=O)CCCN1C(=O)/C(=C\c2ccccc2Cl)SC1=S. The number of carbonyl (C=O) groups is 2. The lowest BCUT2D eigenvalue weighted by Gasteiger charge is -2.19. The minimum absolute atomic E-state index is 0.0471. The van der Waals surface area contributed by atoms with Gasteiger partial charge in [0.05, 0.1) is 4.91 Å². The van der Waals surface area contributed by atoms with Crippen molar-refractivity contribution in [3.63, 3.8) is 0 Å². The van der Waals surface area contributed by atoms with E-state index in [1.165, 1.54) is 11.8 Å². The number of rotatable bonds is 7. The maximum Gasteiger partial charge on any atom is 0.266 e. The largest absolute Gasteiger partial charge is 0.341 e. The van der Waals surface area contributed by atoms with Crippen LogP contribution in [0.5, 0.6) is 0 Å². The smallest absolute Gasteiger partial charge is 0.266 e. The molecule has 7 heteroatoms. The molecule has 2 aromatic carbocycles. The molecule has 1 heterocycles. The van der Waals surface area contributed by atoms with Gasteiger partial charge < -0.3 is 4.90 Å². The number of hydrogen-bond acceptors (Lipinski definition) is 4. The molecule has 3 rings (SSSR count). The maximum absolute atomic E-state index is 12.7. The van der Waals surface area contributed by atoms with E-state index in [1.54, 1.807) is 29.0 Å². The number of hydrogen-bond donors (Lipinski definition) is 0. The van der Waals surface area contributed by atoms with Crippen molar-refractivity contribution in [1.29, 1.82) is 0 Å². The zero-order valence-electron chi connectivity index (χ0n) is 16.0. The number of benzene rings is 2. The highest BCUT2D eigenvalue weighted by Gasteiger charge is 2.31. The Balaban J connectivity index is 1.53. The summed E-state index contributed by atoms with van der Waals surface area (Å²) < 4.78 is 0.512. The normalized spacial score (nSPS) is 15.2. The van der Waals surface area contributed by atoms with Crippen molar-refractivity contribution in [2.24, 2.45) is 0 Å². The van der Waals surface area contributed by atoms with Gasteiger partial charge in [0.2, 0.25) is 5.91 Å². The van der Waals surface area contributed by atoms with Gasteiger partial charge in [-0.25, -0.2) is 0 Å². The minimum Gasteiger partial charge on any atom is -0.341 e. The van der Waals surface area contributed by atoms with Crippen LogP contribution < -0.4 is 0 Å². The lowest BCUT2D eigenvalue weighted by Crippen LogP contribution is -2.31. The second-order valence-electron chi connectivity index (χ2n) is 6.69. The van der Waals surface area contributed by atoms with Crippen molar-refractivity contribution in [1.82, 2.24) is 9.80 Å². The Labute approximate surface area is 185 Å². The number of amides is 2. The van der Waals surface area contributed by atoms with Gasteiger partial charge in [-0.3, -0.25) is 14.5 Å². The van der Waals surface area contributed by atoms with Gasteiger partial charge in [0.1, 0.15) is 4.32 Å². The van der Waals surface area contributed by atoms with E-state index in [4.69, 9.17) is 23.8 Å². The van der Waals surface area contributed by atoms with E-state index >= 15 is 0 Å². The molecule has 0 atom stereocenters. The van der Waals surface area contributed by atoms with Crippen molar-refractivity contribution in [2.75, 3.05) is 13.6 Å². The zero-order valence-corrected chi connectivity index (χ0v) is 18.4. The average Bonchev–Trinajstić information content (AvgIpc) is 2.97. The number of carbonyl (C=O) groups excluding carboxylic acids is 2. The Morgan fingerprint density at radius 1 is 1.17 bits per heavy atom. The standard InChI is InChI=1S/C22H21ClN2O2S2/c1-24(15-16-8-3-2-4-9-16)20(26)12-7-13-25-21(27)19(29-22(25)28)14-17-10-5-6-11-18(17)23/h2-6,8-11,14H,7,12-13,15H2,1H3/b19-14+. The number of thioether (sulfide) groups is 1. The third-order valence-electron chi connectivity index (χ3n) is 4.53. The van der Waals surface area contributed by atoms with Crippen LogP contribution in [0.15, 0.2) is 59.5 Å². The molecule has 0 saturated carbocycles. The molecule has 1 fully saturated rings. The fraction of sp³-hybridized carbons (Fsp3) is 0.227. The third kappa shape index (κ3) is 5.69. The second-order valence-corrected chi connectivity index (χ2v) is 8.78. The Hall–Kier alpha value is -2.15. The first-order valence-electron chi connectivity index (χ1n) is 9.23. The quantitative estimate of drug-likeness (QED) is 0.446. The van der Waals surface area contributed by atoms with Crippen LogP contribution in [-0.2, 0) is 16.1 Å². The summed E-state index contributed by atoms with van der Waals surface area (Å²) in [6, 6.07) is 17.2. The summed E-state index contributed by atoms with van der Waals surface area (Å²) >= 11 is 12.8. The van der Waals surface area contributed by atoms with E-state index in [-0.39, 0.29) is 11.8 Å². The van der Waals surface area contributed by atoms with Crippen LogP contribution in [0.25, 0.3) is 6.08 Å². The zero-order chi connectivity index (χ0) is 20.8. The van der Waals surface area contributed by atoms with Crippen LogP contribution in [0.1, 0.15) is 24.0 Å². The minimum atomic E-state index is -0.134. The summed E-state index contributed by atoms with van der Waals surface area (Å²) in [6.07, 6.45) is 2.69. The summed E-state index contributed by atoms with van der Waals surface area (Å²) in [7, 11) is 1.79. The van der Waals surface area contributed by atoms with Gasteiger partial charge in [0.25, 0.3) is 5.91 Å². The molecule has 0 spiro atoms. The van der Waals surface area contributed by atoms with E-state index in [9.17, 15) is 9.59 Å². The molecule has 0 aliphatic carbocycles. The molecule has 1 saturated heterocycles. The van der Waals surface area contributed by atoms with E-state index in [0.29, 0.717) is 40.2 Å². The Bertz CT molecular complexity index is 947. The highest BCUT2D eigenvalue weighted by atomic mass is 35.5. The van der Waals surface area contributed by atoms with Crippen molar-refractivity contribution in [3.8, 4) is 0 Å². The highest BCUT2D eigenvalue weighted by Crippen LogP contribution is 2.33. The van der Waals surface area contributed by atoms with Crippen molar-refractivity contribution < 1.29 is 9.59 Å². The van der Waals surface area contributed by atoms with Gasteiger partial charge in [-0.05, 0) is 29.7 Å². The molecule has 1 aliphatic heterocycles. The van der Waals surface area contributed by atoms with Crippen LogP contribution in [0.2, 0.25) is 5.02 Å². The molecule has 29 heavy (non-hydrogen) atoms. The molecule has 2 aromatic rings. The van der Waals surface area contributed by atoms with E-state index in [1.807, 2.05) is 48.5 Å². The summed E-state index contributed by atoms with van der Waals surface area (Å²) in [6.45, 7) is 0.997. The van der Waals surface area contributed by atoms with Crippen LogP contribution >= 0.6 is 35.6 Å². The predicted molar refractivity (Wildman–Crippen MR) is 123 cm³/mol. The Morgan fingerprint density at radius 3 is 2.59 bits per heavy atom. The maximum atomic E-state index is 12.7. The molecule has 0 bridgehead atoms. The first-order chi connectivity index (χ1) is 14.0. The third-order valence-corrected chi connectivity index (χ3v) is 6.25. The van der Waals surface area contributed by atoms with Crippen LogP contribution in [-0.4, -0.2) is 39.5 Å².